The average molecular weight is 335 g/mol. The number of hydrogen-bond acceptors (Lipinski definition) is 4. The van der Waals surface area contributed by atoms with Crippen molar-refractivity contribution in [2.45, 2.75) is 19.9 Å². The third kappa shape index (κ3) is 5.03. The molecule has 1 N–H and O–H groups in total. The van der Waals surface area contributed by atoms with Gasteiger partial charge in [-0.15, -0.1) is 0 Å². The van der Waals surface area contributed by atoms with E-state index in [-0.39, 0.29) is 0 Å². The lowest BCUT2D eigenvalue weighted by molar-refractivity contribution is 0.181. The van der Waals surface area contributed by atoms with Crippen molar-refractivity contribution in [2.24, 2.45) is 10.9 Å². The van der Waals surface area contributed by atoms with E-state index in [1.165, 1.54) is 0 Å². The number of nitrogens with one attached hydrogen (secondary N) is 1. The zero-order chi connectivity index (χ0) is 17.4. The third-order valence-electron chi connectivity index (χ3n) is 4.11. The molecule has 1 aliphatic heterocycles. The van der Waals surface area contributed by atoms with Gasteiger partial charge in [-0.05, 0) is 31.0 Å². The van der Waals surface area contributed by atoms with Crippen molar-refractivity contribution in [3.63, 3.8) is 0 Å². The molecule has 2 rings (SSSR count). The number of hydrogen-bond donors (Lipinski definition) is 1. The molecule has 24 heavy (non-hydrogen) atoms. The maximum absolute atomic E-state index is 5.55. The van der Waals surface area contributed by atoms with Crippen LogP contribution in [-0.4, -0.2) is 58.4 Å². The van der Waals surface area contributed by atoms with E-state index in [1.54, 1.807) is 7.11 Å². The van der Waals surface area contributed by atoms with Gasteiger partial charge in [0.15, 0.2) is 17.5 Å². The standard InChI is InChI=1S/C18H29N3O3/c1-5-24-16-7-6-14(10-17(16)22-4)11-20-18(19-2)21(3)12-15-8-9-23-13-15/h6-7,10,15H,5,8-9,11-13H2,1-4H3,(H,19,20). The topological polar surface area (TPSA) is 55.3 Å². The molecule has 134 valence electrons. The molecular formula is C18H29N3O3. The van der Waals surface area contributed by atoms with Gasteiger partial charge in [0.05, 0.1) is 20.3 Å². The van der Waals surface area contributed by atoms with E-state index in [1.807, 2.05) is 32.2 Å². The predicted molar refractivity (Wildman–Crippen MR) is 95.9 cm³/mol. The van der Waals surface area contributed by atoms with Gasteiger partial charge in [0.1, 0.15) is 0 Å². The van der Waals surface area contributed by atoms with Crippen LogP contribution in [0, 0.1) is 5.92 Å². The van der Waals surface area contributed by atoms with Crippen LogP contribution in [0.4, 0.5) is 0 Å². The van der Waals surface area contributed by atoms with E-state index in [4.69, 9.17) is 14.2 Å². The Morgan fingerprint density at radius 2 is 2.25 bits per heavy atom. The van der Waals surface area contributed by atoms with Crippen LogP contribution >= 0.6 is 0 Å². The molecule has 1 aromatic carbocycles. The van der Waals surface area contributed by atoms with Crippen LogP contribution in [0.25, 0.3) is 0 Å². The van der Waals surface area contributed by atoms with Gasteiger partial charge in [-0.25, -0.2) is 0 Å². The second kappa shape index (κ2) is 9.37. The molecule has 0 aromatic heterocycles. The molecular weight excluding hydrogens is 306 g/mol. The number of nitrogens with zero attached hydrogens (tertiary/aromatic N) is 2. The summed E-state index contributed by atoms with van der Waals surface area (Å²) in [4.78, 5) is 6.53. The summed E-state index contributed by atoms with van der Waals surface area (Å²) in [7, 11) is 5.53. The molecule has 1 aliphatic rings. The minimum absolute atomic E-state index is 0.583. The lowest BCUT2D eigenvalue weighted by Gasteiger charge is -2.24. The van der Waals surface area contributed by atoms with Gasteiger partial charge in [0.2, 0.25) is 0 Å². The summed E-state index contributed by atoms with van der Waals surface area (Å²) >= 11 is 0. The fourth-order valence-electron chi connectivity index (χ4n) is 2.86. The Morgan fingerprint density at radius 3 is 2.88 bits per heavy atom. The first kappa shape index (κ1) is 18.4. The fraction of sp³-hybridized carbons (Fsp3) is 0.611. The molecule has 1 atom stereocenters. The molecule has 0 spiro atoms. The molecule has 0 amide bonds. The normalized spacial score (nSPS) is 17.7. The summed E-state index contributed by atoms with van der Waals surface area (Å²) < 4.78 is 16.4. The highest BCUT2D eigenvalue weighted by molar-refractivity contribution is 5.79. The smallest absolute Gasteiger partial charge is 0.193 e. The number of ether oxygens (including phenoxy) is 3. The SMILES string of the molecule is CCOc1ccc(CNC(=NC)N(C)CC2CCOC2)cc1OC. The highest BCUT2D eigenvalue weighted by Gasteiger charge is 2.19. The van der Waals surface area contributed by atoms with Gasteiger partial charge < -0.3 is 24.4 Å². The minimum Gasteiger partial charge on any atom is -0.493 e. The van der Waals surface area contributed by atoms with E-state index in [2.05, 4.69) is 22.3 Å². The molecule has 6 nitrogen and oxygen atoms in total. The first-order chi connectivity index (χ1) is 11.7. The first-order valence-corrected chi connectivity index (χ1v) is 8.47. The van der Waals surface area contributed by atoms with Crippen LogP contribution < -0.4 is 14.8 Å². The maximum atomic E-state index is 5.55. The number of guanidine groups is 1. The Kier molecular flexibility index (Phi) is 7.18. The van der Waals surface area contributed by atoms with Gasteiger partial charge in [-0.3, -0.25) is 4.99 Å². The Morgan fingerprint density at radius 1 is 1.42 bits per heavy atom. The number of aliphatic imine (C=N–C) groups is 1. The molecule has 1 saturated heterocycles. The predicted octanol–water partition coefficient (Wildman–Crippen LogP) is 2.14. The molecule has 0 radical (unpaired) electrons. The monoisotopic (exact) mass is 335 g/mol. The Labute approximate surface area is 144 Å². The van der Waals surface area contributed by atoms with Gasteiger partial charge in [0, 0.05) is 39.7 Å². The number of methoxy groups -OCH3 is 1. The molecule has 1 heterocycles. The van der Waals surface area contributed by atoms with Crippen molar-refractivity contribution >= 4 is 5.96 Å². The zero-order valence-corrected chi connectivity index (χ0v) is 15.2. The summed E-state index contributed by atoms with van der Waals surface area (Å²) in [5, 5.41) is 3.40. The second-order valence-electron chi connectivity index (χ2n) is 5.93. The Balaban J connectivity index is 1.92. The lowest BCUT2D eigenvalue weighted by Crippen LogP contribution is -2.41. The van der Waals surface area contributed by atoms with Gasteiger partial charge in [0.25, 0.3) is 0 Å². The zero-order valence-electron chi connectivity index (χ0n) is 15.2. The van der Waals surface area contributed by atoms with Crippen LogP contribution in [-0.2, 0) is 11.3 Å². The first-order valence-electron chi connectivity index (χ1n) is 8.47. The van der Waals surface area contributed by atoms with Crippen LogP contribution in [0.2, 0.25) is 0 Å². The Bertz CT molecular complexity index is 542. The van der Waals surface area contributed by atoms with Crippen molar-refractivity contribution in [2.75, 3.05) is 47.6 Å². The van der Waals surface area contributed by atoms with Crippen molar-refractivity contribution in [1.29, 1.82) is 0 Å². The summed E-state index contributed by atoms with van der Waals surface area (Å²) in [5.41, 5.74) is 1.12. The fourth-order valence-corrected chi connectivity index (χ4v) is 2.86. The van der Waals surface area contributed by atoms with Gasteiger partial charge in [-0.1, -0.05) is 6.07 Å². The summed E-state index contributed by atoms with van der Waals surface area (Å²) in [6, 6.07) is 5.98. The lowest BCUT2D eigenvalue weighted by atomic mass is 10.1. The van der Waals surface area contributed by atoms with E-state index in [9.17, 15) is 0 Å². The molecule has 1 aromatic rings. The largest absolute Gasteiger partial charge is 0.493 e. The van der Waals surface area contributed by atoms with Crippen LogP contribution in [0.15, 0.2) is 23.2 Å². The van der Waals surface area contributed by atoms with Crippen molar-refractivity contribution in [3.05, 3.63) is 23.8 Å². The molecule has 0 bridgehead atoms. The van der Waals surface area contributed by atoms with Crippen molar-refractivity contribution < 1.29 is 14.2 Å². The maximum Gasteiger partial charge on any atom is 0.193 e. The highest BCUT2D eigenvalue weighted by atomic mass is 16.5. The van der Waals surface area contributed by atoms with E-state index >= 15 is 0 Å². The number of rotatable bonds is 7. The van der Waals surface area contributed by atoms with Crippen LogP contribution in [0.5, 0.6) is 11.5 Å². The molecule has 6 heteroatoms. The molecule has 0 saturated carbocycles. The quantitative estimate of drug-likeness (QED) is 0.611. The minimum atomic E-state index is 0.583. The Hall–Kier alpha value is -1.95. The van der Waals surface area contributed by atoms with E-state index in [0.717, 1.165) is 49.2 Å². The molecule has 1 fully saturated rings. The summed E-state index contributed by atoms with van der Waals surface area (Å²) in [6.45, 7) is 5.93. The average Bonchev–Trinajstić information content (AvgIpc) is 3.09. The highest BCUT2D eigenvalue weighted by Crippen LogP contribution is 2.28. The van der Waals surface area contributed by atoms with Crippen LogP contribution in [0.1, 0.15) is 18.9 Å². The van der Waals surface area contributed by atoms with E-state index in [0.29, 0.717) is 19.1 Å². The van der Waals surface area contributed by atoms with E-state index < -0.39 is 0 Å². The van der Waals surface area contributed by atoms with Crippen LogP contribution in [0.3, 0.4) is 0 Å². The van der Waals surface area contributed by atoms with Crippen molar-refractivity contribution in [1.82, 2.24) is 10.2 Å². The van der Waals surface area contributed by atoms with Gasteiger partial charge in [-0.2, -0.15) is 0 Å². The summed E-state index contributed by atoms with van der Waals surface area (Å²) in [5.74, 6) is 2.99. The molecule has 0 aliphatic carbocycles. The van der Waals surface area contributed by atoms with Crippen molar-refractivity contribution in [3.8, 4) is 11.5 Å². The second-order valence-corrected chi connectivity index (χ2v) is 5.93. The molecule has 1 unspecified atom stereocenters. The van der Waals surface area contributed by atoms with Gasteiger partial charge >= 0.3 is 0 Å². The number of benzene rings is 1. The summed E-state index contributed by atoms with van der Waals surface area (Å²) in [6.07, 6.45) is 1.12. The third-order valence-corrected chi connectivity index (χ3v) is 4.11.